The molecule has 0 radical (unpaired) electrons. The van der Waals surface area contributed by atoms with Crippen molar-refractivity contribution in [3.63, 3.8) is 0 Å². The predicted octanol–water partition coefficient (Wildman–Crippen LogP) is 4.37. The molecule has 1 N–H and O–H groups in total. The zero-order chi connectivity index (χ0) is 28.7. The topological polar surface area (TPSA) is 86.8 Å². The second-order valence-corrected chi connectivity index (χ2v) is 12.0. The number of hydrogen-bond acceptors (Lipinski definition) is 4. The number of halogens is 1. The number of carbonyl (C=O) groups is 2. The van der Waals surface area contributed by atoms with E-state index in [9.17, 15) is 22.4 Å². The number of nitrogens with zero attached hydrogens (tertiary/aromatic N) is 2. The first-order valence-electron chi connectivity index (χ1n) is 12.8. The number of carbonyl (C=O) groups excluding carboxylic acids is 2. The van der Waals surface area contributed by atoms with Gasteiger partial charge >= 0.3 is 0 Å². The van der Waals surface area contributed by atoms with Crippen LogP contribution in [0.25, 0.3) is 0 Å². The lowest BCUT2D eigenvalue weighted by molar-refractivity contribution is -0.140. The van der Waals surface area contributed by atoms with Crippen molar-refractivity contribution in [2.75, 3.05) is 17.1 Å². The van der Waals surface area contributed by atoms with Crippen molar-refractivity contribution in [1.29, 1.82) is 0 Å². The molecular formula is C30H36FN3O4S. The summed E-state index contributed by atoms with van der Waals surface area (Å²) >= 11 is 0. The third-order valence-electron chi connectivity index (χ3n) is 6.43. The quantitative estimate of drug-likeness (QED) is 0.382. The summed E-state index contributed by atoms with van der Waals surface area (Å²) in [7, 11) is -3.84. The maximum absolute atomic E-state index is 14.0. The summed E-state index contributed by atoms with van der Waals surface area (Å²) in [4.78, 5) is 28.9. The maximum atomic E-state index is 14.0. The maximum Gasteiger partial charge on any atom is 0.244 e. The van der Waals surface area contributed by atoms with Gasteiger partial charge in [0.25, 0.3) is 0 Å². The predicted molar refractivity (Wildman–Crippen MR) is 152 cm³/mol. The third kappa shape index (κ3) is 8.38. The number of sulfonamides is 1. The molecule has 2 amide bonds. The molecule has 208 valence electrons. The zero-order valence-corrected chi connectivity index (χ0v) is 23.8. The van der Waals surface area contributed by atoms with Crippen molar-refractivity contribution >= 4 is 27.5 Å². The lowest BCUT2D eigenvalue weighted by atomic mass is 10.0. The molecule has 3 aromatic carbocycles. The number of hydrogen-bond donors (Lipinski definition) is 1. The van der Waals surface area contributed by atoms with Gasteiger partial charge < -0.3 is 10.2 Å². The smallest absolute Gasteiger partial charge is 0.244 e. The number of amides is 2. The van der Waals surface area contributed by atoms with Crippen LogP contribution in [0.2, 0.25) is 0 Å². The molecule has 9 heteroatoms. The Labute approximate surface area is 230 Å². The van der Waals surface area contributed by atoms with E-state index >= 15 is 0 Å². The minimum absolute atomic E-state index is 0.00729. The average Bonchev–Trinajstić information content (AvgIpc) is 2.87. The van der Waals surface area contributed by atoms with Crippen LogP contribution >= 0.6 is 0 Å². The molecule has 0 aliphatic rings. The molecule has 0 aliphatic carbocycles. The molecule has 0 bridgehead atoms. The van der Waals surface area contributed by atoms with E-state index in [0.29, 0.717) is 11.3 Å². The lowest BCUT2D eigenvalue weighted by Gasteiger charge is -2.34. The van der Waals surface area contributed by atoms with E-state index in [-0.39, 0.29) is 24.9 Å². The van der Waals surface area contributed by atoms with Gasteiger partial charge in [-0.2, -0.15) is 0 Å². The zero-order valence-electron chi connectivity index (χ0n) is 23.0. The summed E-state index contributed by atoms with van der Waals surface area (Å²) in [6.07, 6.45) is 1.27. The monoisotopic (exact) mass is 553 g/mol. The molecule has 0 spiro atoms. The molecule has 39 heavy (non-hydrogen) atoms. The van der Waals surface area contributed by atoms with Crippen LogP contribution in [0, 0.1) is 19.7 Å². The minimum Gasteiger partial charge on any atom is -0.352 e. The van der Waals surface area contributed by atoms with Gasteiger partial charge in [0.1, 0.15) is 18.4 Å². The summed E-state index contributed by atoms with van der Waals surface area (Å²) in [5.41, 5.74) is 3.69. The summed E-state index contributed by atoms with van der Waals surface area (Å²) in [5.74, 6) is -1.34. The Bertz CT molecular complexity index is 1390. The molecule has 0 aliphatic heterocycles. The third-order valence-corrected chi connectivity index (χ3v) is 7.57. The highest BCUT2D eigenvalue weighted by molar-refractivity contribution is 7.92. The highest BCUT2D eigenvalue weighted by Gasteiger charge is 2.33. The Balaban J connectivity index is 2.06. The molecule has 0 saturated carbocycles. The van der Waals surface area contributed by atoms with E-state index in [4.69, 9.17) is 0 Å². The molecule has 0 heterocycles. The standard InChI is InChI=1S/C30H36FN3O4S/c1-21(2)32-30(36)28(18-24-9-7-6-8-10-24)33(19-25-12-14-26(31)15-13-25)29(35)20-34(39(5,37)38)27-16-11-22(3)23(4)17-27/h6-17,21,28H,18-20H2,1-5H3,(H,32,36). The largest absolute Gasteiger partial charge is 0.352 e. The van der Waals surface area contributed by atoms with Gasteiger partial charge in [0, 0.05) is 19.0 Å². The normalized spacial score (nSPS) is 12.2. The highest BCUT2D eigenvalue weighted by atomic mass is 32.2. The summed E-state index contributed by atoms with van der Waals surface area (Å²) in [6.45, 7) is 6.94. The fourth-order valence-electron chi connectivity index (χ4n) is 4.22. The SMILES string of the molecule is Cc1ccc(N(CC(=O)N(Cc2ccc(F)cc2)C(Cc2ccccc2)C(=O)NC(C)C)S(C)(=O)=O)cc1C. The van der Waals surface area contributed by atoms with E-state index in [0.717, 1.165) is 27.3 Å². The molecule has 0 saturated heterocycles. The second-order valence-electron chi connectivity index (χ2n) is 10.1. The van der Waals surface area contributed by atoms with Gasteiger partial charge in [0.2, 0.25) is 21.8 Å². The van der Waals surface area contributed by atoms with Crippen LogP contribution in [-0.4, -0.2) is 50.0 Å². The van der Waals surface area contributed by atoms with Crippen molar-refractivity contribution in [2.45, 2.75) is 52.7 Å². The molecule has 0 fully saturated rings. The van der Waals surface area contributed by atoms with Gasteiger partial charge in [-0.3, -0.25) is 13.9 Å². The number of rotatable bonds is 11. The number of anilines is 1. The van der Waals surface area contributed by atoms with E-state index in [1.165, 1.54) is 17.0 Å². The molecule has 7 nitrogen and oxygen atoms in total. The number of benzene rings is 3. The first-order chi connectivity index (χ1) is 18.3. The Morgan fingerprint density at radius 1 is 0.897 bits per heavy atom. The van der Waals surface area contributed by atoms with Crippen LogP contribution in [0.3, 0.4) is 0 Å². The summed E-state index contributed by atoms with van der Waals surface area (Å²) in [5, 5.41) is 2.90. The Hall–Kier alpha value is -3.72. The van der Waals surface area contributed by atoms with Gasteiger partial charge in [-0.15, -0.1) is 0 Å². The van der Waals surface area contributed by atoms with Crippen molar-refractivity contribution in [2.24, 2.45) is 0 Å². The van der Waals surface area contributed by atoms with Crippen molar-refractivity contribution in [3.8, 4) is 0 Å². The van der Waals surface area contributed by atoms with Gasteiger partial charge in [0.05, 0.1) is 11.9 Å². The van der Waals surface area contributed by atoms with Crippen LogP contribution in [-0.2, 0) is 32.6 Å². The van der Waals surface area contributed by atoms with E-state index in [2.05, 4.69) is 5.32 Å². The first-order valence-corrected chi connectivity index (χ1v) is 14.6. The lowest BCUT2D eigenvalue weighted by Crippen LogP contribution is -2.54. The van der Waals surface area contributed by atoms with Gasteiger partial charge in [0.15, 0.2) is 0 Å². The fourth-order valence-corrected chi connectivity index (χ4v) is 5.06. The fraction of sp³-hybridized carbons (Fsp3) is 0.333. The Kier molecular flexibility index (Phi) is 9.86. The molecule has 1 unspecified atom stereocenters. The Morgan fingerprint density at radius 2 is 1.54 bits per heavy atom. The molecule has 1 atom stereocenters. The molecule has 0 aromatic heterocycles. The second kappa shape index (κ2) is 12.9. The first kappa shape index (κ1) is 29.8. The van der Waals surface area contributed by atoms with Gasteiger partial charge in [-0.25, -0.2) is 12.8 Å². The number of nitrogens with one attached hydrogen (secondary N) is 1. The van der Waals surface area contributed by atoms with Gasteiger partial charge in [-0.1, -0.05) is 48.5 Å². The van der Waals surface area contributed by atoms with Crippen molar-refractivity contribution in [1.82, 2.24) is 10.2 Å². The molecular weight excluding hydrogens is 517 g/mol. The van der Waals surface area contributed by atoms with E-state index < -0.39 is 34.3 Å². The van der Waals surface area contributed by atoms with Crippen molar-refractivity contribution < 1.29 is 22.4 Å². The summed E-state index contributed by atoms with van der Waals surface area (Å²) < 4.78 is 40.4. The molecule has 3 aromatic rings. The minimum atomic E-state index is -3.84. The van der Waals surface area contributed by atoms with E-state index in [1.807, 2.05) is 58.0 Å². The van der Waals surface area contributed by atoms with Crippen LogP contribution < -0.4 is 9.62 Å². The van der Waals surface area contributed by atoms with Crippen LogP contribution in [0.4, 0.5) is 10.1 Å². The van der Waals surface area contributed by atoms with Gasteiger partial charge in [-0.05, 0) is 74.2 Å². The van der Waals surface area contributed by atoms with Crippen LogP contribution in [0.15, 0.2) is 72.8 Å². The summed E-state index contributed by atoms with van der Waals surface area (Å²) in [6, 6.07) is 19.0. The number of aryl methyl sites for hydroxylation is 2. The van der Waals surface area contributed by atoms with Crippen molar-refractivity contribution in [3.05, 3.63) is 101 Å². The molecule has 3 rings (SSSR count). The Morgan fingerprint density at radius 3 is 2.10 bits per heavy atom. The van der Waals surface area contributed by atoms with E-state index in [1.54, 1.807) is 30.3 Å². The average molecular weight is 554 g/mol. The highest BCUT2D eigenvalue weighted by Crippen LogP contribution is 2.23. The van der Waals surface area contributed by atoms with Crippen LogP contribution in [0.1, 0.15) is 36.1 Å². The van der Waals surface area contributed by atoms with Crippen LogP contribution in [0.5, 0.6) is 0 Å².